The van der Waals surface area contributed by atoms with Gasteiger partial charge in [-0.05, 0) is 56.7 Å². The van der Waals surface area contributed by atoms with Crippen LogP contribution < -0.4 is 16.4 Å². The van der Waals surface area contributed by atoms with E-state index in [0.717, 1.165) is 64.3 Å². The Morgan fingerprint density at radius 3 is 2.35 bits per heavy atom. The van der Waals surface area contributed by atoms with E-state index < -0.39 is 4.92 Å². The summed E-state index contributed by atoms with van der Waals surface area (Å²) in [5, 5.41) is 18.1. The number of hydrogen-bond acceptors (Lipinski definition) is 9. The number of nitrogens with one attached hydrogen (secondary N) is 2. The molecule has 11 heteroatoms. The van der Waals surface area contributed by atoms with Crippen molar-refractivity contribution in [3.05, 3.63) is 45.6 Å². The van der Waals surface area contributed by atoms with Gasteiger partial charge >= 0.3 is 5.69 Å². The van der Waals surface area contributed by atoms with Gasteiger partial charge in [0.05, 0.1) is 4.92 Å². The second-order valence-corrected chi connectivity index (χ2v) is 7.86. The van der Waals surface area contributed by atoms with Crippen molar-refractivity contribution in [2.45, 2.75) is 12.8 Å². The van der Waals surface area contributed by atoms with Crippen LogP contribution in [0.25, 0.3) is 0 Å². The van der Waals surface area contributed by atoms with Gasteiger partial charge in [0, 0.05) is 43.4 Å². The second-order valence-electron chi connectivity index (χ2n) is 7.42. The van der Waals surface area contributed by atoms with E-state index in [0.29, 0.717) is 11.6 Å². The summed E-state index contributed by atoms with van der Waals surface area (Å²) in [7, 11) is 0. The number of nitrogens with zero attached hydrogens (tertiary/aromatic N) is 5. The normalized spacial score (nSPS) is 15.0. The molecule has 0 amide bonds. The SMILES string of the molecule is NCCCN1CCN(CCCNc2nc(Nc3ccc(Cl)cc3)ncc2[N+](=O)[O-])CC1. The fraction of sp³-hybridized carbons (Fsp3) is 0.500. The molecular formula is C20H29ClN8O2. The van der Waals surface area contributed by atoms with E-state index in [1.807, 2.05) is 0 Å². The number of nitrogens with two attached hydrogens (primary N) is 1. The second kappa shape index (κ2) is 11.8. The molecule has 0 atom stereocenters. The molecule has 1 aromatic carbocycles. The Morgan fingerprint density at radius 2 is 1.74 bits per heavy atom. The fourth-order valence-corrected chi connectivity index (χ4v) is 3.55. The van der Waals surface area contributed by atoms with Crippen molar-refractivity contribution < 1.29 is 4.92 Å². The Kier molecular flexibility index (Phi) is 8.77. The summed E-state index contributed by atoms with van der Waals surface area (Å²) in [5.74, 6) is 0.493. The summed E-state index contributed by atoms with van der Waals surface area (Å²) >= 11 is 5.90. The molecule has 1 aromatic heterocycles. The van der Waals surface area contributed by atoms with Crippen LogP contribution in [0.1, 0.15) is 12.8 Å². The van der Waals surface area contributed by atoms with E-state index in [-0.39, 0.29) is 17.5 Å². The number of piperazine rings is 1. The molecule has 0 saturated carbocycles. The molecule has 168 valence electrons. The smallest absolute Gasteiger partial charge is 0.329 e. The van der Waals surface area contributed by atoms with E-state index in [1.54, 1.807) is 24.3 Å². The summed E-state index contributed by atoms with van der Waals surface area (Å²) < 4.78 is 0. The van der Waals surface area contributed by atoms with Gasteiger partial charge in [0.15, 0.2) is 0 Å². The van der Waals surface area contributed by atoms with Crippen molar-refractivity contribution in [1.29, 1.82) is 0 Å². The molecular weight excluding hydrogens is 420 g/mol. The van der Waals surface area contributed by atoms with E-state index in [4.69, 9.17) is 17.3 Å². The lowest BCUT2D eigenvalue weighted by Gasteiger charge is -2.34. The number of nitro groups is 1. The molecule has 1 fully saturated rings. The molecule has 1 aliphatic heterocycles. The van der Waals surface area contributed by atoms with E-state index >= 15 is 0 Å². The van der Waals surface area contributed by atoms with Gasteiger partial charge in [-0.1, -0.05) is 11.6 Å². The minimum atomic E-state index is -0.477. The lowest BCUT2D eigenvalue weighted by Crippen LogP contribution is -2.47. The predicted molar refractivity (Wildman–Crippen MR) is 123 cm³/mol. The highest BCUT2D eigenvalue weighted by Gasteiger charge is 2.18. The van der Waals surface area contributed by atoms with Crippen molar-refractivity contribution in [3.63, 3.8) is 0 Å². The van der Waals surface area contributed by atoms with Gasteiger partial charge in [0.1, 0.15) is 6.20 Å². The van der Waals surface area contributed by atoms with Crippen LogP contribution in [0.5, 0.6) is 0 Å². The Morgan fingerprint density at radius 1 is 1.10 bits per heavy atom. The standard InChI is InChI=1S/C20H29ClN8O2/c21-16-3-5-17(6-4-16)25-20-24-15-18(29(30)31)19(26-20)23-8-2-10-28-13-11-27(12-14-28)9-1-7-22/h3-6,15H,1-2,7-14,22H2,(H2,23,24,25,26). The molecule has 1 saturated heterocycles. The number of anilines is 3. The first-order chi connectivity index (χ1) is 15.0. The van der Waals surface area contributed by atoms with E-state index in [2.05, 4.69) is 30.4 Å². The highest BCUT2D eigenvalue weighted by atomic mass is 35.5. The minimum Gasteiger partial charge on any atom is -0.364 e. The third-order valence-electron chi connectivity index (χ3n) is 5.15. The van der Waals surface area contributed by atoms with Crippen LogP contribution in [0, 0.1) is 10.1 Å². The summed E-state index contributed by atoms with van der Waals surface area (Å²) in [6.07, 6.45) is 3.12. The van der Waals surface area contributed by atoms with Crippen molar-refractivity contribution in [3.8, 4) is 0 Å². The Bertz CT molecular complexity index is 844. The number of rotatable bonds is 11. The number of hydrogen-bond donors (Lipinski definition) is 3. The summed E-state index contributed by atoms with van der Waals surface area (Å²) in [6.45, 7) is 7.52. The fourth-order valence-electron chi connectivity index (χ4n) is 3.42. The summed E-state index contributed by atoms with van der Waals surface area (Å²) in [6, 6.07) is 7.06. The van der Waals surface area contributed by atoms with E-state index in [1.165, 1.54) is 6.20 Å². The molecule has 0 spiro atoms. The predicted octanol–water partition coefficient (Wildman–Crippen LogP) is 2.55. The van der Waals surface area contributed by atoms with Crippen LogP contribution in [-0.4, -0.2) is 77.0 Å². The van der Waals surface area contributed by atoms with Gasteiger partial charge < -0.3 is 26.2 Å². The Balaban J connectivity index is 1.49. The Labute approximate surface area is 186 Å². The molecule has 0 unspecified atom stereocenters. The van der Waals surface area contributed by atoms with Gasteiger partial charge in [0.2, 0.25) is 11.8 Å². The topological polar surface area (TPSA) is 125 Å². The Hall–Kier alpha value is -2.53. The zero-order valence-electron chi connectivity index (χ0n) is 17.5. The van der Waals surface area contributed by atoms with Crippen molar-refractivity contribution in [1.82, 2.24) is 19.8 Å². The van der Waals surface area contributed by atoms with E-state index in [9.17, 15) is 10.1 Å². The van der Waals surface area contributed by atoms with Gasteiger partial charge in [-0.3, -0.25) is 10.1 Å². The average molecular weight is 449 g/mol. The molecule has 0 aliphatic carbocycles. The van der Waals surface area contributed by atoms with Crippen LogP contribution in [0.3, 0.4) is 0 Å². The average Bonchev–Trinajstić information content (AvgIpc) is 2.77. The van der Waals surface area contributed by atoms with Crippen LogP contribution >= 0.6 is 11.6 Å². The molecule has 4 N–H and O–H groups in total. The number of aromatic nitrogens is 2. The lowest BCUT2D eigenvalue weighted by atomic mass is 10.2. The minimum absolute atomic E-state index is 0.143. The van der Waals surface area contributed by atoms with Crippen LogP contribution in [0.4, 0.5) is 23.1 Å². The zero-order chi connectivity index (χ0) is 22.1. The van der Waals surface area contributed by atoms with Crippen molar-refractivity contribution in [2.75, 3.05) is 63.0 Å². The monoisotopic (exact) mass is 448 g/mol. The molecule has 0 bridgehead atoms. The van der Waals surface area contributed by atoms with Gasteiger partial charge in [-0.15, -0.1) is 0 Å². The zero-order valence-corrected chi connectivity index (χ0v) is 18.2. The molecule has 3 rings (SSSR count). The lowest BCUT2D eigenvalue weighted by molar-refractivity contribution is -0.384. The number of benzene rings is 1. The van der Waals surface area contributed by atoms with Gasteiger partial charge in [-0.25, -0.2) is 4.98 Å². The third kappa shape index (κ3) is 7.28. The quantitative estimate of drug-likeness (QED) is 0.270. The van der Waals surface area contributed by atoms with Crippen LogP contribution in [0.15, 0.2) is 30.5 Å². The van der Waals surface area contributed by atoms with Crippen molar-refractivity contribution >= 4 is 34.7 Å². The molecule has 31 heavy (non-hydrogen) atoms. The summed E-state index contributed by atoms with van der Waals surface area (Å²) in [4.78, 5) is 24.1. The van der Waals surface area contributed by atoms with Crippen LogP contribution in [-0.2, 0) is 0 Å². The highest BCUT2D eigenvalue weighted by molar-refractivity contribution is 6.30. The number of halogens is 1. The third-order valence-corrected chi connectivity index (χ3v) is 5.41. The first-order valence-corrected chi connectivity index (χ1v) is 10.9. The van der Waals surface area contributed by atoms with Crippen LogP contribution in [0.2, 0.25) is 5.02 Å². The molecule has 1 aliphatic rings. The van der Waals surface area contributed by atoms with Gasteiger partial charge in [-0.2, -0.15) is 4.98 Å². The first-order valence-electron chi connectivity index (χ1n) is 10.5. The highest BCUT2D eigenvalue weighted by Crippen LogP contribution is 2.24. The molecule has 10 nitrogen and oxygen atoms in total. The molecule has 2 heterocycles. The van der Waals surface area contributed by atoms with Gasteiger partial charge in [0.25, 0.3) is 0 Å². The maximum absolute atomic E-state index is 11.3. The maximum atomic E-state index is 11.3. The largest absolute Gasteiger partial charge is 0.364 e. The molecule has 0 radical (unpaired) electrons. The molecule has 2 aromatic rings. The first kappa shape index (κ1) is 23.1. The van der Waals surface area contributed by atoms with Crippen molar-refractivity contribution in [2.24, 2.45) is 5.73 Å². The summed E-state index contributed by atoms with van der Waals surface area (Å²) in [5.41, 5.74) is 6.18. The maximum Gasteiger partial charge on any atom is 0.329 e.